The Labute approximate surface area is 120 Å². The Hall–Kier alpha value is -1.50. The summed E-state index contributed by atoms with van der Waals surface area (Å²) in [6.45, 7) is 2.23. The number of fused-ring (bicyclic) bond motifs is 1. The van der Waals surface area contributed by atoms with Crippen LogP contribution in [-0.2, 0) is 4.79 Å². The molecule has 106 valence electrons. The van der Waals surface area contributed by atoms with Crippen LogP contribution in [0.25, 0.3) is 10.2 Å². The molecular formula is C14H17N3O2S. The number of amides is 1. The van der Waals surface area contributed by atoms with Crippen molar-refractivity contribution in [1.82, 2.24) is 4.98 Å². The van der Waals surface area contributed by atoms with Crippen molar-refractivity contribution in [2.24, 2.45) is 11.7 Å². The third-order valence-corrected chi connectivity index (χ3v) is 4.71. The minimum Gasteiger partial charge on any atom is -0.389 e. The lowest BCUT2D eigenvalue weighted by molar-refractivity contribution is -0.134. The van der Waals surface area contributed by atoms with Crippen molar-refractivity contribution in [1.29, 1.82) is 0 Å². The summed E-state index contributed by atoms with van der Waals surface area (Å²) in [5.41, 5.74) is 6.67. The summed E-state index contributed by atoms with van der Waals surface area (Å²) < 4.78 is 1.06. The fourth-order valence-corrected chi connectivity index (χ4v) is 3.47. The van der Waals surface area contributed by atoms with Crippen LogP contribution in [0.4, 0.5) is 5.13 Å². The number of carbonyl (C=O) groups excluding carboxylic acids is 1. The van der Waals surface area contributed by atoms with Crippen LogP contribution in [0.15, 0.2) is 18.2 Å². The molecule has 1 aliphatic carbocycles. The van der Waals surface area contributed by atoms with Crippen LogP contribution in [0, 0.1) is 12.8 Å². The third-order valence-electron chi connectivity index (χ3n) is 3.78. The molecule has 0 bridgehead atoms. The molecule has 6 heteroatoms. The zero-order valence-electron chi connectivity index (χ0n) is 11.2. The van der Waals surface area contributed by atoms with Gasteiger partial charge in [-0.25, -0.2) is 4.98 Å². The Morgan fingerprint density at radius 3 is 3.05 bits per heavy atom. The number of nitrogens with one attached hydrogen (secondary N) is 1. The molecule has 1 amide bonds. The smallest absolute Gasteiger partial charge is 0.229 e. The SMILES string of the molecule is Cc1ccc2nc(NC(=O)C3CC(O)(CN)C3)sc2c1. The molecule has 1 fully saturated rings. The highest BCUT2D eigenvalue weighted by Crippen LogP contribution is 2.38. The number of benzene rings is 1. The van der Waals surface area contributed by atoms with E-state index in [2.05, 4.69) is 16.4 Å². The van der Waals surface area contributed by atoms with Gasteiger partial charge in [-0.3, -0.25) is 4.79 Å². The molecule has 20 heavy (non-hydrogen) atoms. The van der Waals surface area contributed by atoms with Gasteiger partial charge in [0.1, 0.15) is 0 Å². The maximum Gasteiger partial charge on any atom is 0.229 e. The highest BCUT2D eigenvalue weighted by molar-refractivity contribution is 7.22. The van der Waals surface area contributed by atoms with E-state index in [0.29, 0.717) is 18.0 Å². The Morgan fingerprint density at radius 1 is 1.60 bits per heavy atom. The maximum atomic E-state index is 12.0. The molecule has 3 rings (SSSR count). The van der Waals surface area contributed by atoms with Crippen molar-refractivity contribution < 1.29 is 9.90 Å². The second-order valence-electron chi connectivity index (χ2n) is 5.51. The topological polar surface area (TPSA) is 88.2 Å². The highest BCUT2D eigenvalue weighted by Gasteiger charge is 2.45. The molecule has 1 aliphatic rings. The molecular weight excluding hydrogens is 274 g/mol. The minimum atomic E-state index is -0.854. The van der Waals surface area contributed by atoms with Gasteiger partial charge < -0.3 is 16.2 Å². The first-order chi connectivity index (χ1) is 9.49. The van der Waals surface area contributed by atoms with Crippen LogP contribution in [-0.4, -0.2) is 28.1 Å². The summed E-state index contributed by atoms with van der Waals surface area (Å²) in [7, 11) is 0. The fourth-order valence-electron chi connectivity index (χ4n) is 2.50. The number of nitrogens with zero attached hydrogens (tertiary/aromatic N) is 1. The molecule has 0 unspecified atom stereocenters. The normalized spacial score (nSPS) is 25.4. The van der Waals surface area contributed by atoms with E-state index < -0.39 is 5.60 Å². The van der Waals surface area contributed by atoms with E-state index >= 15 is 0 Å². The van der Waals surface area contributed by atoms with Crippen LogP contribution in [0.3, 0.4) is 0 Å². The summed E-state index contributed by atoms with van der Waals surface area (Å²) in [5.74, 6) is -0.254. The number of thiazole rings is 1. The first-order valence-electron chi connectivity index (χ1n) is 6.60. The van der Waals surface area contributed by atoms with Gasteiger partial charge in [-0.1, -0.05) is 17.4 Å². The van der Waals surface area contributed by atoms with Crippen LogP contribution in [0.2, 0.25) is 0 Å². The summed E-state index contributed by atoms with van der Waals surface area (Å²) in [5, 5.41) is 13.3. The van der Waals surface area contributed by atoms with Gasteiger partial charge in [0.25, 0.3) is 0 Å². The number of hydrogen-bond acceptors (Lipinski definition) is 5. The molecule has 0 saturated heterocycles. The maximum absolute atomic E-state index is 12.0. The Kier molecular flexibility index (Phi) is 3.24. The third kappa shape index (κ3) is 2.42. The van der Waals surface area contributed by atoms with E-state index in [1.807, 2.05) is 19.1 Å². The number of aromatic nitrogens is 1. The van der Waals surface area contributed by atoms with E-state index in [4.69, 9.17) is 5.73 Å². The van der Waals surface area contributed by atoms with Crippen molar-refractivity contribution in [2.75, 3.05) is 11.9 Å². The summed E-state index contributed by atoms with van der Waals surface area (Å²) in [6, 6.07) is 6.01. The number of anilines is 1. The molecule has 0 aliphatic heterocycles. The molecule has 0 atom stereocenters. The molecule has 0 radical (unpaired) electrons. The van der Waals surface area contributed by atoms with Crippen molar-refractivity contribution in [3.63, 3.8) is 0 Å². The van der Waals surface area contributed by atoms with E-state index in [1.54, 1.807) is 0 Å². The van der Waals surface area contributed by atoms with Crippen molar-refractivity contribution >= 4 is 32.6 Å². The zero-order chi connectivity index (χ0) is 14.3. The standard InChI is InChI=1S/C14H17N3O2S/c1-8-2-3-10-11(4-8)20-13(16-10)17-12(18)9-5-14(19,6-9)7-15/h2-4,9,19H,5-7,15H2,1H3,(H,16,17,18). The molecule has 4 N–H and O–H groups in total. The molecule has 2 aromatic rings. The second-order valence-corrected chi connectivity index (χ2v) is 6.54. The lowest BCUT2D eigenvalue weighted by atomic mass is 9.70. The van der Waals surface area contributed by atoms with Gasteiger partial charge in [0.15, 0.2) is 5.13 Å². The predicted molar refractivity (Wildman–Crippen MR) is 79.7 cm³/mol. The Bertz CT molecular complexity index is 661. The predicted octanol–water partition coefficient (Wildman–Crippen LogP) is 1.64. The highest BCUT2D eigenvalue weighted by atomic mass is 32.1. The quantitative estimate of drug-likeness (QED) is 0.802. The Morgan fingerprint density at radius 2 is 2.35 bits per heavy atom. The number of rotatable bonds is 3. The van der Waals surface area contributed by atoms with E-state index in [0.717, 1.165) is 10.2 Å². The monoisotopic (exact) mass is 291 g/mol. The van der Waals surface area contributed by atoms with Gasteiger partial charge in [0.2, 0.25) is 5.91 Å². The van der Waals surface area contributed by atoms with Crippen LogP contribution in [0.5, 0.6) is 0 Å². The summed E-state index contributed by atoms with van der Waals surface area (Å²) in [4.78, 5) is 16.4. The molecule has 0 spiro atoms. The zero-order valence-corrected chi connectivity index (χ0v) is 12.0. The molecule has 1 saturated carbocycles. The van der Waals surface area contributed by atoms with Gasteiger partial charge in [-0.2, -0.15) is 0 Å². The van der Waals surface area contributed by atoms with Crippen LogP contribution in [0.1, 0.15) is 18.4 Å². The van der Waals surface area contributed by atoms with E-state index in [9.17, 15) is 9.90 Å². The largest absolute Gasteiger partial charge is 0.389 e. The fraction of sp³-hybridized carbons (Fsp3) is 0.429. The Balaban J connectivity index is 1.69. The lowest BCUT2D eigenvalue weighted by Crippen LogP contribution is -2.53. The van der Waals surface area contributed by atoms with Gasteiger partial charge in [0, 0.05) is 12.5 Å². The van der Waals surface area contributed by atoms with Gasteiger partial charge in [-0.05, 0) is 37.5 Å². The average molecular weight is 291 g/mol. The van der Waals surface area contributed by atoms with Crippen molar-refractivity contribution in [3.05, 3.63) is 23.8 Å². The molecule has 5 nitrogen and oxygen atoms in total. The second kappa shape index (κ2) is 4.80. The van der Waals surface area contributed by atoms with Crippen LogP contribution < -0.4 is 11.1 Å². The number of aliphatic hydroxyl groups is 1. The summed E-state index contributed by atoms with van der Waals surface area (Å²) in [6.07, 6.45) is 0.860. The van der Waals surface area contributed by atoms with Crippen molar-refractivity contribution in [2.45, 2.75) is 25.4 Å². The first-order valence-corrected chi connectivity index (χ1v) is 7.41. The summed E-state index contributed by atoms with van der Waals surface area (Å²) >= 11 is 1.47. The lowest BCUT2D eigenvalue weighted by Gasteiger charge is -2.41. The van der Waals surface area contributed by atoms with E-state index in [-0.39, 0.29) is 18.4 Å². The molecule has 1 aromatic heterocycles. The molecule has 1 heterocycles. The van der Waals surface area contributed by atoms with E-state index in [1.165, 1.54) is 16.9 Å². The number of nitrogens with two attached hydrogens (primary N) is 1. The first kappa shape index (κ1) is 13.5. The van der Waals surface area contributed by atoms with Gasteiger partial charge in [0.05, 0.1) is 15.8 Å². The van der Waals surface area contributed by atoms with Gasteiger partial charge in [-0.15, -0.1) is 0 Å². The van der Waals surface area contributed by atoms with Crippen molar-refractivity contribution in [3.8, 4) is 0 Å². The number of hydrogen-bond donors (Lipinski definition) is 3. The van der Waals surface area contributed by atoms with Crippen LogP contribution >= 0.6 is 11.3 Å². The average Bonchev–Trinajstić information content (AvgIpc) is 2.76. The molecule has 1 aromatic carbocycles. The number of carbonyl (C=O) groups is 1. The number of aryl methyl sites for hydroxylation is 1. The minimum absolute atomic E-state index is 0.0843. The van der Waals surface area contributed by atoms with Gasteiger partial charge >= 0.3 is 0 Å².